The molecule has 0 amide bonds. The summed E-state index contributed by atoms with van der Waals surface area (Å²) in [6, 6.07) is 3.96. The van der Waals surface area contributed by atoms with Crippen molar-refractivity contribution in [2.24, 2.45) is 5.73 Å². The Balaban J connectivity index is 2.61. The number of aliphatic hydroxyl groups is 1. The first kappa shape index (κ1) is 12.0. The lowest BCUT2D eigenvalue weighted by Gasteiger charge is -2.11. The van der Waals surface area contributed by atoms with Gasteiger partial charge >= 0.3 is 0 Å². The zero-order valence-electron chi connectivity index (χ0n) is 9.73. The molecule has 1 unspecified atom stereocenters. The van der Waals surface area contributed by atoms with Crippen LogP contribution in [0.5, 0.6) is 0 Å². The van der Waals surface area contributed by atoms with E-state index in [1.807, 2.05) is 11.5 Å². The van der Waals surface area contributed by atoms with Gasteiger partial charge in [0.15, 0.2) is 0 Å². The number of aryl methyl sites for hydroxylation is 1. The molecule has 1 aromatic carbocycles. The summed E-state index contributed by atoms with van der Waals surface area (Å²) in [6.07, 6.45) is 0.925. The lowest BCUT2D eigenvalue weighted by Crippen LogP contribution is -2.20. The van der Waals surface area contributed by atoms with Gasteiger partial charge in [0.2, 0.25) is 0 Å². The summed E-state index contributed by atoms with van der Waals surface area (Å²) in [6.45, 7) is 2.63. The van der Waals surface area contributed by atoms with Crippen LogP contribution in [-0.2, 0) is 6.54 Å². The van der Waals surface area contributed by atoms with Crippen molar-refractivity contribution in [2.45, 2.75) is 25.9 Å². The molecular formula is C12H16FN3O. The third-order valence-electron chi connectivity index (χ3n) is 2.72. The summed E-state index contributed by atoms with van der Waals surface area (Å²) < 4.78 is 15.1. The zero-order chi connectivity index (χ0) is 12.4. The molecule has 0 spiro atoms. The summed E-state index contributed by atoms with van der Waals surface area (Å²) >= 11 is 0. The molecule has 92 valence electrons. The summed E-state index contributed by atoms with van der Waals surface area (Å²) in [5, 5.41) is 9.11. The molecule has 0 aliphatic heterocycles. The van der Waals surface area contributed by atoms with Crippen LogP contribution >= 0.6 is 0 Å². The Bertz CT molecular complexity index is 524. The molecule has 0 aliphatic rings. The van der Waals surface area contributed by atoms with Crippen molar-refractivity contribution in [1.82, 2.24) is 9.55 Å². The van der Waals surface area contributed by atoms with Crippen molar-refractivity contribution >= 4 is 11.0 Å². The van der Waals surface area contributed by atoms with E-state index in [0.29, 0.717) is 11.3 Å². The molecule has 3 N–H and O–H groups in total. The van der Waals surface area contributed by atoms with E-state index in [4.69, 9.17) is 10.8 Å². The molecule has 1 atom stereocenters. The van der Waals surface area contributed by atoms with E-state index >= 15 is 0 Å². The first-order valence-corrected chi connectivity index (χ1v) is 5.69. The first-order valence-electron chi connectivity index (χ1n) is 5.69. The number of aliphatic hydroxyl groups excluding tert-OH is 1. The Morgan fingerprint density at radius 1 is 1.53 bits per heavy atom. The molecule has 0 aliphatic carbocycles. The van der Waals surface area contributed by atoms with Gasteiger partial charge in [-0.3, -0.25) is 0 Å². The molecule has 0 radical (unpaired) electrons. The lowest BCUT2D eigenvalue weighted by atomic mass is 10.3. The van der Waals surface area contributed by atoms with E-state index in [9.17, 15) is 4.39 Å². The second kappa shape index (κ2) is 4.81. The fourth-order valence-electron chi connectivity index (χ4n) is 1.94. The first-order chi connectivity index (χ1) is 8.17. The Kier molecular flexibility index (Phi) is 3.40. The van der Waals surface area contributed by atoms with E-state index < -0.39 is 6.04 Å². The Labute approximate surface area is 98.9 Å². The van der Waals surface area contributed by atoms with E-state index in [0.717, 1.165) is 18.5 Å². The molecule has 2 rings (SSSR count). The number of hydrogen-bond donors (Lipinski definition) is 2. The normalized spacial score (nSPS) is 13.2. The van der Waals surface area contributed by atoms with Gasteiger partial charge in [-0.2, -0.15) is 0 Å². The number of nitrogens with zero attached hydrogens (tertiary/aromatic N) is 2. The molecule has 1 aromatic heterocycles. The highest BCUT2D eigenvalue weighted by Crippen LogP contribution is 2.21. The van der Waals surface area contributed by atoms with Crippen LogP contribution in [0.15, 0.2) is 18.2 Å². The Morgan fingerprint density at radius 2 is 2.29 bits per heavy atom. The summed E-state index contributed by atoms with van der Waals surface area (Å²) in [5.74, 6) is 0.290. The maximum atomic E-state index is 13.1. The molecule has 17 heavy (non-hydrogen) atoms. The third-order valence-corrected chi connectivity index (χ3v) is 2.72. The number of rotatable bonds is 4. The van der Waals surface area contributed by atoms with Crippen LogP contribution in [0.3, 0.4) is 0 Å². The van der Waals surface area contributed by atoms with Crippen molar-refractivity contribution < 1.29 is 9.50 Å². The van der Waals surface area contributed by atoms with E-state index in [1.54, 1.807) is 6.07 Å². The molecular weight excluding hydrogens is 221 g/mol. The molecule has 0 saturated heterocycles. The highest BCUT2D eigenvalue weighted by molar-refractivity contribution is 5.76. The SMILES string of the molecule is CCCn1c(C(N)CO)nc2cc(F)ccc21. The van der Waals surface area contributed by atoms with Gasteiger partial charge in [0.05, 0.1) is 23.7 Å². The second-order valence-corrected chi connectivity index (χ2v) is 4.04. The molecule has 0 fully saturated rings. The fourth-order valence-corrected chi connectivity index (χ4v) is 1.94. The highest BCUT2D eigenvalue weighted by Gasteiger charge is 2.16. The highest BCUT2D eigenvalue weighted by atomic mass is 19.1. The Hall–Kier alpha value is -1.46. The van der Waals surface area contributed by atoms with E-state index in [2.05, 4.69) is 4.98 Å². The average molecular weight is 237 g/mol. The number of benzene rings is 1. The smallest absolute Gasteiger partial charge is 0.129 e. The van der Waals surface area contributed by atoms with Gasteiger partial charge in [-0.1, -0.05) is 6.92 Å². The van der Waals surface area contributed by atoms with Crippen molar-refractivity contribution in [3.05, 3.63) is 29.8 Å². The minimum Gasteiger partial charge on any atom is -0.394 e. The summed E-state index contributed by atoms with van der Waals surface area (Å²) in [4.78, 5) is 4.30. The minimum atomic E-state index is -0.531. The molecule has 4 nitrogen and oxygen atoms in total. The third kappa shape index (κ3) is 2.16. The number of nitrogens with two attached hydrogens (primary N) is 1. The number of halogens is 1. The van der Waals surface area contributed by atoms with Crippen molar-refractivity contribution in [1.29, 1.82) is 0 Å². The Morgan fingerprint density at radius 3 is 2.94 bits per heavy atom. The van der Waals surface area contributed by atoms with Gasteiger partial charge < -0.3 is 15.4 Å². The van der Waals surface area contributed by atoms with Gasteiger partial charge in [-0.15, -0.1) is 0 Å². The number of aromatic nitrogens is 2. The van der Waals surface area contributed by atoms with Crippen molar-refractivity contribution in [3.8, 4) is 0 Å². The summed E-state index contributed by atoms with van der Waals surface area (Å²) in [5.41, 5.74) is 7.23. The van der Waals surface area contributed by atoms with Crippen molar-refractivity contribution in [3.63, 3.8) is 0 Å². The maximum Gasteiger partial charge on any atom is 0.129 e. The number of hydrogen-bond acceptors (Lipinski definition) is 3. The van der Waals surface area contributed by atoms with Gasteiger partial charge in [-0.25, -0.2) is 9.37 Å². The van der Waals surface area contributed by atoms with E-state index in [1.165, 1.54) is 12.1 Å². The van der Waals surface area contributed by atoms with Crippen LogP contribution in [0.4, 0.5) is 4.39 Å². The molecule has 2 aromatic rings. The summed E-state index contributed by atoms with van der Waals surface area (Å²) in [7, 11) is 0. The van der Waals surface area contributed by atoms with Gasteiger partial charge in [0.25, 0.3) is 0 Å². The van der Waals surface area contributed by atoms with Gasteiger partial charge in [0, 0.05) is 12.6 Å². The van der Waals surface area contributed by atoms with Crippen LogP contribution in [0.2, 0.25) is 0 Å². The van der Waals surface area contributed by atoms with Crippen LogP contribution < -0.4 is 5.73 Å². The number of imidazole rings is 1. The predicted octanol–water partition coefficient (Wildman–Crippen LogP) is 1.58. The average Bonchev–Trinajstić information content (AvgIpc) is 2.67. The second-order valence-electron chi connectivity index (χ2n) is 4.04. The molecule has 0 saturated carbocycles. The quantitative estimate of drug-likeness (QED) is 0.848. The molecule has 1 heterocycles. The van der Waals surface area contributed by atoms with Crippen LogP contribution in [0, 0.1) is 5.82 Å². The van der Waals surface area contributed by atoms with Crippen LogP contribution in [0.1, 0.15) is 25.2 Å². The molecule has 5 heteroatoms. The van der Waals surface area contributed by atoms with Crippen molar-refractivity contribution in [2.75, 3.05) is 6.61 Å². The minimum absolute atomic E-state index is 0.171. The van der Waals surface area contributed by atoms with Crippen LogP contribution in [-0.4, -0.2) is 21.3 Å². The largest absolute Gasteiger partial charge is 0.394 e. The lowest BCUT2D eigenvalue weighted by molar-refractivity contribution is 0.261. The topological polar surface area (TPSA) is 64.1 Å². The standard InChI is InChI=1S/C12H16FN3O/c1-2-5-16-11-4-3-8(13)6-10(11)15-12(16)9(14)7-17/h3-4,6,9,17H,2,5,7,14H2,1H3. The van der Waals surface area contributed by atoms with Gasteiger partial charge in [-0.05, 0) is 18.6 Å². The monoisotopic (exact) mass is 237 g/mol. The molecule has 0 bridgehead atoms. The predicted molar refractivity (Wildman–Crippen MR) is 64.0 cm³/mol. The van der Waals surface area contributed by atoms with E-state index in [-0.39, 0.29) is 12.4 Å². The maximum absolute atomic E-state index is 13.1. The van der Waals surface area contributed by atoms with Crippen LogP contribution in [0.25, 0.3) is 11.0 Å². The zero-order valence-corrected chi connectivity index (χ0v) is 9.73. The van der Waals surface area contributed by atoms with Gasteiger partial charge in [0.1, 0.15) is 11.6 Å². The number of fused-ring (bicyclic) bond motifs is 1. The fraction of sp³-hybridized carbons (Fsp3) is 0.417.